The predicted octanol–water partition coefficient (Wildman–Crippen LogP) is 3.97. The number of carbonyl (C=O) groups excluding carboxylic acids is 1. The van der Waals surface area contributed by atoms with Gasteiger partial charge in [0.25, 0.3) is 0 Å². The first-order chi connectivity index (χ1) is 11.8. The van der Waals surface area contributed by atoms with Crippen LogP contribution in [0.1, 0.15) is 30.5 Å². The molecule has 6 heteroatoms. The Morgan fingerprint density at radius 3 is 2.40 bits per heavy atom. The second-order valence-corrected chi connectivity index (χ2v) is 7.57. The number of Topliss-reactive ketones (excluding diaryl/α,β-unsaturated/α-hetero) is 1. The van der Waals surface area contributed by atoms with Crippen LogP contribution in [0, 0.1) is 0 Å². The topological polar surface area (TPSA) is 66.4 Å². The normalized spacial score (nSPS) is 17.5. The Bertz CT molecular complexity index is 888. The van der Waals surface area contributed by atoms with Crippen molar-refractivity contribution in [1.29, 1.82) is 0 Å². The highest BCUT2D eigenvalue weighted by atomic mass is 35.5. The summed E-state index contributed by atoms with van der Waals surface area (Å²) >= 11 is 3.99. The summed E-state index contributed by atoms with van der Waals surface area (Å²) in [4.78, 5) is 12.8. The zero-order chi connectivity index (χ0) is 18.2. The van der Waals surface area contributed by atoms with Gasteiger partial charge in [0.05, 0.1) is 5.57 Å². The van der Waals surface area contributed by atoms with Crippen molar-refractivity contribution < 1.29 is 18.3 Å². The Labute approximate surface area is 153 Å². The molecule has 0 fully saturated rings. The van der Waals surface area contributed by atoms with E-state index >= 15 is 0 Å². The second-order valence-electron chi connectivity index (χ2n) is 6.27. The van der Waals surface area contributed by atoms with Crippen LogP contribution in [0.2, 0.25) is 5.02 Å². The van der Waals surface area contributed by atoms with Crippen molar-refractivity contribution in [2.24, 2.45) is 0 Å². The number of rotatable bonds is 4. The third-order valence-corrected chi connectivity index (χ3v) is 4.91. The quantitative estimate of drug-likeness (QED) is 0.758. The predicted molar refractivity (Wildman–Crippen MR) is 97.5 cm³/mol. The average Bonchev–Trinajstić information content (AvgIpc) is 2.80. The van der Waals surface area contributed by atoms with Crippen LogP contribution in [0.5, 0.6) is 0 Å². The van der Waals surface area contributed by atoms with Gasteiger partial charge in [-0.15, -0.1) is 0 Å². The molecule has 1 heterocycles. The molecule has 0 saturated heterocycles. The minimum atomic E-state index is -2.22. The summed E-state index contributed by atoms with van der Waals surface area (Å²) in [6.07, 6.45) is 0. The molecule has 1 aliphatic rings. The molecule has 1 atom stereocenters. The Balaban J connectivity index is 2.12. The molecule has 2 aromatic rings. The van der Waals surface area contributed by atoms with E-state index in [0.717, 1.165) is 5.56 Å². The van der Waals surface area contributed by atoms with E-state index in [1.54, 1.807) is 32.0 Å². The number of ketones is 1. The summed E-state index contributed by atoms with van der Waals surface area (Å²) in [6, 6.07) is 14.3. The largest absolute Gasteiger partial charge is 0.772 e. The molecule has 1 unspecified atom stereocenters. The molecule has 25 heavy (non-hydrogen) atoms. The Hall–Kier alpha value is -1.95. The van der Waals surface area contributed by atoms with E-state index in [2.05, 4.69) is 0 Å². The van der Waals surface area contributed by atoms with Gasteiger partial charge in [-0.1, -0.05) is 65.1 Å². The lowest BCUT2D eigenvalue weighted by molar-refractivity contribution is -0.125. The Morgan fingerprint density at radius 1 is 1.12 bits per heavy atom. The molecule has 0 saturated carbocycles. The van der Waals surface area contributed by atoms with Crippen molar-refractivity contribution >= 4 is 39.8 Å². The van der Waals surface area contributed by atoms with Crippen LogP contribution in [-0.2, 0) is 26.4 Å². The van der Waals surface area contributed by atoms with Gasteiger partial charge in [-0.3, -0.25) is 9.00 Å². The molecule has 0 amide bonds. The fourth-order valence-corrected chi connectivity index (χ4v) is 3.59. The van der Waals surface area contributed by atoms with Gasteiger partial charge in [-0.25, -0.2) is 0 Å². The van der Waals surface area contributed by atoms with Crippen LogP contribution in [0.3, 0.4) is 0 Å². The molecule has 2 aromatic carbocycles. The van der Waals surface area contributed by atoms with Crippen LogP contribution in [0.25, 0.3) is 11.3 Å². The molecule has 0 radical (unpaired) electrons. The number of ether oxygens (including phenoxy) is 1. The van der Waals surface area contributed by atoms with E-state index in [1.807, 2.05) is 30.3 Å². The summed E-state index contributed by atoms with van der Waals surface area (Å²) < 4.78 is 27.7. The standard InChI is InChI=1S/C19H17ClO4S/c1-19(2)18(21)16(12-6-4-3-5-7-12)17(24-19)13-8-9-14(11-25(22)23)15(20)10-13/h3-10H,11H2,1-2H3,(H,22,23)/p-1. The van der Waals surface area contributed by atoms with Crippen LogP contribution in [-0.4, -0.2) is 20.1 Å². The van der Waals surface area contributed by atoms with Gasteiger partial charge in [0, 0.05) is 16.3 Å². The van der Waals surface area contributed by atoms with Gasteiger partial charge in [0.2, 0.25) is 5.78 Å². The lowest BCUT2D eigenvalue weighted by atomic mass is 9.92. The van der Waals surface area contributed by atoms with Crippen molar-refractivity contribution in [3.63, 3.8) is 0 Å². The van der Waals surface area contributed by atoms with Crippen LogP contribution < -0.4 is 0 Å². The molecule has 4 nitrogen and oxygen atoms in total. The summed E-state index contributed by atoms with van der Waals surface area (Å²) in [5.74, 6) is 0.196. The van der Waals surface area contributed by atoms with Gasteiger partial charge in [0.1, 0.15) is 5.76 Å². The van der Waals surface area contributed by atoms with E-state index in [-0.39, 0.29) is 11.5 Å². The Kier molecular flexibility index (Phi) is 4.82. The van der Waals surface area contributed by atoms with Gasteiger partial charge in [0.15, 0.2) is 5.60 Å². The van der Waals surface area contributed by atoms with E-state index in [0.29, 0.717) is 27.5 Å². The van der Waals surface area contributed by atoms with Gasteiger partial charge < -0.3 is 9.29 Å². The minimum Gasteiger partial charge on any atom is -0.772 e. The van der Waals surface area contributed by atoms with Gasteiger partial charge in [-0.05, 0) is 31.0 Å². The highest BCUT2D eigenvalue weighted by Crippen LogP contribution is 2.41. The second kappa shape index (κ2) is 6.75. The SMILES string of the molecule is CC1(C)OC(c2ccc(CS(=O)[O-])c(Cl)c2)=C(c2ccccc2)C1=O. The van der Waals surface area contributed by atoms with Gasteiger partial charge in [-0.2, -0.15) is 0 Å². The zero-order valence-corrected chi connectivity index (χ0v) is 15.3. The maximum Gasteiger partial charge on any atom is 0.210 e. The summed E-state index contributed by atoms with van der Waals surface area (Å²) in [6.45, 7) is 3.45. The van der Waals surface area contributed by atoms with Crippen LogP contribution in [0.4, 0.5) is 0 Å². The molecular formula is C19H16ClO4S-. The third-order valence-electron chi connectivity index (χ3n) is 4.01. The van der Waals surface area contributed by atoms with Crippen LogP contribution >= 0.6 is 11.6 Å². The molecule has 1 aliphatic heterocycles. The first-order valence-electron chi connectivity index (χ1n) is 7.68. The van der Waals surface area contributed by atoms with Crippen molar-refractivity contribution in [2.45, 2.75) is 25.2 Å². The van der Waals surface area contributed by atoms with Gasteiger partial charge >= 0.3 is 0 Å². The molecule has 0 N–H and O–H groups in total. The number of benzene rings is 2. The third kappa shape index (κ3) is 3.54. The smallest absolute Gasteiger partial charge is 0.210 e. The number of hydrogen-bond acceptors (Lipinski definition) is 4. The molecular weight excluding hydrogens is 360 g/mol. The maximum atomic E-state index is 12.8. The van der Waals surface area contributed by atoms with Crippen molar-refractivity contribution in [3.05, 3.63) is 70.2 Å². The lowest BCUT2D eigenvalue weighted by Gasteiger charge is -2.18. The fourth-order valence-electron chi connectivity index (χ4n) is 2.76. The number of halogens is 1. The number of hydrogen-bond donors (Lipinski definition) is 0. The summed E-state index contributed by atoms with van der Waals surface area (Å²) in [5.41, 5.74) is 1.45. The highest BCUT2D eigenvalue weighted by molar-refractivity contribution is 7.78. The van der Waals surface area contributed by atoms with Crippen molar-refractivity contribution in [3.8, 4) is 0 Å². The van der Waals surface area contributed by atoms with E-state index in [4.69, 9.17) is 16.3 Å². The fraction of sp³-hybridized carbons (Fsp3) is 0.211. The maximum absolute atomic E-state index is 12.8. The first-order valence-corrected chi connectivity index (χ1v) is 9.30. The molecule has 0 spiro atoms. The van der Waals surface area contributed by atoms with Crippen LogP contribution in [0.15, 0.2) is 48.5 Å². The summed E-state index contributed by atoms with van der Waals surface area (Å²) in [5, 5.41) is 0.322. The van der Waals surface area contributed by atoms with Crippen molar-refractivity contribution in [2.75, 3.05) is 0 Å². The molecule has 0 bridgehead atoms. The lowest BCUT2D eigenvalue weighted by Crippen LogP contribution is -2.29. The van der Waals surface area contributed by atoms with Crippen molar-refractivity contribution in [1.82, 2.24) is 0 Å². The van der Waals surface area contributed by atoms with E-state index in [1.165, 1.54) is 0 Å². The van der Waals surface area contributed by atoms with E-state index in [9.17, 15) is 13.6 Å². The summed E-state index contributed by atoms with van der Waals surface area (Å²) in [7, 11) is 0. The molecule has 130 valence electrons. The minimum absolute atomic E-state index is 0.102. The Morgan fingerprint density at radius 2 is 1.80 bits per heavy atom. The molecule has 0 aliphatic carbocycles. The average molecular weight is 376 g/mol. The monoisotopic (exact) mass is 375 g/mol. The molecule has 3 rings (SSSR count). The first kappa shape index (κ1) is 17.9. The number of carbonyl (C=O) groups is 1. The molecule has 0 aromatic heterocycles. The zero-order valence-electron chi connectivity index (χ0n) is 13.7. The highest BCUT2D eigenvalue weighted by Gasteiger charge is 2.42. The van der Waals surface area contributed by atoms with E-state index < -0.39 is 16.7 Å².